The maximum atomic E-state index is 12.8. The molecule has 0 aliphatic rings. The summed E-state index contributed by atoms with van der Waals surface area (Å²) in [5, 5.41) is 3.22. The lowest BCUT2D eigenvalue weighted by Crippen LogP contribution is -2.14. The van der Waals surface area contributed by atoms with E-state index in [1.54, 1.807) is 24.3 Å². The predicted molar refractivity (Wildman–Crippen MR) is 87.8 cm³/mol. The molecule has 7 heteroatoms. The van der Waals surface area contributed by atoms with Gasteiger partial charge in [0.25, 0.3) is 0 Å². The molecule has 0 bridgehead atoms. The highest BCUT2D eigenvalue weighted by molar-refractivity contribution is 7.91. The van der Waals surface area contributed by atoms with Crippen molar-refractivity contribution in [1.82, 2.24) is 0 Å². The number of benzene rings is 2. The number of halogens is 2. The lowest BCUT2D eigenvalue weighted by molar-refractivity contribution is -0.116. The van der Waals surface area contributed by atoms with E-state index in [1.807, 2.05) is 0 Å². The zero-order valence-corrected chi connectivity index (χ0v) is 13.7. The monoisotopic (exact) mass is 355 g/mol. The highest BCUT2D eigenvalue weighted by atomic mass is 35.5. The van der Waals surface area contributed by atoms with Crippen LogP contribution in [0.3, 0.4) is 0 Å². The van der Waals surface area contributed by atoms with E-state index in [9.17, 15) is 17.6 Å². The largest absolute Gasteiger partial charge is 0.326 e. The van der Waals surface area contributed by atoms with Crippen molar-refractivity contribution in [2.24, 2.45) is 0 Å². The molecule has 122 valence electrons. The van der Waals surface area contributed by atoms with E-state index in [1.165, 1.54) is 12.1 Å². The molecule has 4 nitrogen and oxygen atoms in total. The molecular weight excluding hydrogens is 341 g/mol. The van der Waals surface area contributed by atoms with E-state index in [0.717, 1.165) is 12.1 Å². The maximum Gasteiger partial charge on any atom is 0.224 e. The van der Waals surface area contributed by atoms with Crippen LogP contribution in [0.2, 0.25) is 5.02 Å². The predicted octanol–water partition coefficient (Wildman–Crippen LogP) is 3.67. The van der Waals surface area contributed by atoms with E-state index in [-0.39, 0.29) is 29.4 Å². The average Bonchev–Trinajstić information content (AvgIpc) is 2.50. The molecule has 0 radical (unpaired) electrons. The van der Waals surface area contributed by atoms with Crippen LogP contribution in [0.4, 0.5) is 10.1 Å². The Balaban J connectivity index is 1.85. The molecular formula is C16H15ClFNO3S. The molecule has 2 aromatic rings. The molecule has 0 aromatic heterocycles. The van der Waals surface area contributed by atoms with Crippen molar-refractivity contribution in [3.05, 3.63) is 59.4 Å². The topological polar surface area (TPSA) is 63.2 Å². The van der Waals surface area contributed by atoms with Gasteiger partial charge < -0.3 is 5.32 Å². The van der Waals surface area contributed by atoms with Gasteiger partial charge in [0.2, 0.25) is 5.91 Å². The number of amides is 1. The first-order chi connectivity index (χ1) is 10.9. The fourth-order valence-electron chi connectivity index (χ4n) is 1.94. The van der Waals surface area contributed by atoms with Gasteiger partial charge in [0.1, 0.15) is 5.82 Å². The number of sulfone groups is 1. The van der Waals surface area contributed by atoms with Gasteiger partial charge in [-0.3, -0.25) is 4.79 Å². The summed E-state index contributed by atoms with van der Waals surface area (Å²) in [6.07, 6.45) is 0.252. The van der Waals surface area contributed by atoms with Gasteiger partial charge >= 0.3 is 0 Å². The average molecular weight is 356 g/mol. The highest BCUT2D eigenvalue weighted by Crippen LogP contribution is 2.15. The summed E-state index contributed by atoms with van der Waals surface area (Å²) in [4.78, 5) is 11.8. The van der Waals surface area contributed by atoms with Gasteiger partial charge in [-0.25, -0.2) is 12.8 Å². The first kappa shape index (κ1) is 17.4. The van der Waals surface area contributed by atoms with Crippen molar-refractivity contribution >= 4 is 33.0 Å². The van der Waals surface area contributed by atoms with Crippen molar-refractivity contribution < 1.29 is 17.6 Å². The number of carbonyl (C=O) groups excluding carboxylic acids is 1. The Morgan fingerprint density at radius 3 is 2.26 bits per heavy atom. The van der Waals surface area contributed by atoms with Crippen molar-refractivity contribution in [3.63, 3.8) is 0 Å². The van der Waals surface area contributed by atoms with E-state index in [2.05, 4.69) is 5.32 Å². The molecule has 2 aromatic carbocycles. The van der Waals surface area contributed by atoms with E-state index < -0.39 is 15.7 Å². The molecule has 0 unspecified atom stereocenters. The zero-order valence-electron chi connectivity index (χ0n) is 12.1. The number of hydrogen-bond donors (Lipinski definition) is 1. The van der Waals surface area contributed by atoms with Crippen LogP contribution < -0.4 is 5.32 Å². The Hall–Kier alpha value is -1.92. The second-order valence-corrected chi connectivity index (χ2v) is 7.48. The third kappa shape index (κ3) is 5.33. The normalized spacial score (nSPS) is 11.2. The van der Waals surface area contributed by atoms with Crippen LogP contribution in [-0.4, -0.2) is 20.1 Å². The van der Waals surface area contributed by atoms with Gasteiger partial charge in [-0.1, -0.05) is 11.6 Å². The van der Waals surface area contributed by atoms with Crippen LogP contribution in [0.25, 0.3) is 0 Å². The van der Waals surface area contributed by atoms with Crippen LogP contribution in [0.15, 0.2) is 53.4 Å². The van der Waals surface area contributed by atoms with Gasteiger partial charge in [0.05, 0.1) is 10.6 Å². The Morgan fingerprint density at radius 1 is 1.04 bits per heavy atom. The van der Waals surface area contributed by atoms with E-state index >= 15 is 0 Å². The van der Waals surface area contributed by atoms with Crippen LogP contribution in [-0.2, 0) is 14.6 Å². The third-order valence-corrected chi connectivity index (χ3v) is 5.19. The maximum absolute atomic E-state index is 12.8. The molecule has 1 amide bonds. The standard InChI is InChI=1S/C16H15ClFNO3S/c17-12-3-7-14(8-4-12)19-16(20)2-1-11-23(21,22)15-9-5-13(18)6-10-15/h3-10H,1-2,11H2,(H,19,20). The summed E-state index contributed by atoms with van der Waals surface area (Å²) in [5.41, 5.74) is 0.598. The van der Waals surface area contributed by atoms with Crippen LogP contribution in [0, 0.1) is 5.82 Å². The molecule has 0 atom stereocenters. The molecule has 2 rings (SSSR count). The molecule has 0 spiro atoms. The molecule has 1 N–H and O–H groups in total. The fourth-order valence-corrected chi connectivity index (χ4v) is 3.38. The quantitative estimate of drug-likeness (QED) is 0.804. The molecule has 0 heterocycles. The van der Waals surface area contributed by atoms with Crippen molar-refractivity contribution in [2.75, 3.05) is 11.1 Å². The van der Waals surface area contributed by atoms with Crippen LogP contribution >= 0.6 is 11.6 Å². The lowest BCUT2D eigenvalue weighted by atomic mass is 10.3. The van der Waals surface area contributed by atoms with Crippen LogP contribution in [0.1, 0.15) is 12.8 Å². The smallest absolute Gasteiger partial charge is 0.224 e. The summed E-state index contributed by atoms with van der Waals surface area (Å²) >= 11 is 5.75. The SMILES string of the molecule is O=C(CCCS(=O)(=O)c1ccc(F)cc1)Nc1ccc(Cl)cc1. The number of hydrogen-bond acceptors (Lipinski definition) is 3. The third-order valence-electron chi connectivity index (χ3n) is 3.12. The molecule has 0 aliphatic heterocycles. The van der Waals surface area contributed by atoms with Gasteiger partial charge in [0, 0.05) is 17.1 Å². The van der Waals surface area contributed by atoms with Crippen molar-refractivity contribution in [2.45, 2.75) is 17.7 Å². The zero-order chi connectivity index (χ0) is 16.9. The highest BCUT2D eigenvalue weighted by Gasteiger charge is 2.15. The Kier molecular flexibility index (Phi) is 5.74. The summed E-state index contributed by atoms with van der Waals surface area (Å²) in [7, 11) is -3.52. The molecule has 0 saturated carbocycles. The molecule has 23 heavy (non-hydrogen) atoms. The van der Waals surface area contributed by atoms with E-state index in [4.69, 9.17) is 11.6 Å². The summed E-state index contributed by atoms with van der Waals surface area (Å²) in [6, 6.07) is 11.3. The van der Waals surface area contributed by atoms with Gasteiger partial charge in [-0.15, -0.1) is 0 Å². The van der Waals surface area contributed by atoms with Crippen LogP contribution in [0.5, 0.6) is 0 Å². The minimum Gasteiger partial charge on any atom is -0.326 e. The minimum absolute atomic E-state index is 0.0528. The van der Waals surface area contributed by atoms with E-state index in [0.29, 0.717) is 10.7 Å². The van der Waals surface area contributed by atoms with Crippen molar-refractivity contribution in [1.29, 1.82) is 0 Å². The van der Waals surface area contributed by atoms with Crippen molar-refractivity contribution in [3.8, 4) is 0 Å². The Bertz CT molecular complexity index is 774. The summed E-state index contributed by atoms with van der Waals surface area (Å²) < 4.78 is 36.9. The minimum atomic E-state index is -3.52. The number of anilines is 1. The van der Waals surface area contributed by atoms with Gasteiger partial charge in [0.15, 0.2) is 9.84 Å². The number of nitrogens with one attached hydrogen (secondary N) is 1. The molecule has 0 aliphatic carbocycles. The van der Waals surface area contributed by atoms with Gasteiger partial charge in [-0.05, 0) is 55.0 Å². The first-order valence-corrected chi connectivity index (χ1v) is 8.93. The first-order valence-electron chi connectivity index (χ1n) is 6.90. The fraction of sp³-hybridized carbons (Fsp3) is 0.188. The lowest BCUT2D eigenvalue weighted by Gasteiger charge is -2.06. The molecule has 0 fully saturated rings. The molecule has 0 saturated heterocycles. The summed E-state index contributed by atoms with van der Waals surface area (Å²) in [5.74, 6) is -0.944. The Morgan fingerprint density at radius 2 is 1.65 bits per heavy atom. The number of rotatable bonds is 6. The summed E-state index contributed by atoms with van der Waals surface area (Å²) in [6.45, 7) is 0. The Labute approximate surface area is 139 Å². The second kappa shape index (κ2) is 7.57. The van der Waals surface area contributed by atoms with Gasteiger partial charge in [-0.2, -0.15) is 0 Å². The second-order valence-electron chi connectivity index (χ2n) is 4.93. The number of carbonyl (C=O) groups is 1.